The van der Waals surface area contributed by atoms with Gasteiger partial charge in [-0.25, -0.2) is 4.39 Å². The van der Waals surface area contributed by atoms with Crippen LogP contribution in [0.3, 0.4) is 0 Å². The van der Waals surface area contributed by atoms with Crippen molar-refractivity contribution >= 4 is 17.5 Å². The normalized spacial score (nSPS) is 16.1. The van der Waals surface area contributed by atoms with E-state index >= 15 is 0 Å². The lowest BCUT2D eigenvalue weighted by Gasteiger charge is -2.28. The van der Waals surface area contributed by atoms with Crippen LogP contribution in [0.5, 0.6) is 5.75 Å². The lowest BCUT2D eigenvalue weighted by atomic mass is 10.1. The number of halogens is 1. The van der Waals surface area contributed by atoms with Gasteiger partial charge in [0, 0.05) is 20.0 Å². The molecule has 1 saturated heterocycles. The number of carbonyl (C=O) groups excluding carboxylic acids is 2. The second-order valence-corrected chi connectivity index (χ2v) is 6.71. The SMILES string of the molecule is CC(=O)N(c1ccccc1F)C1CCN(C(=O)COc2ccc(CO)cc2)C1. The fraction of sp³-hybridized carbons (Fsp3) is 0.333. The third-order valence-corrected chi connectivity index (χ3v) is 4.80. The molecule has 2 aromatic carbocycles. The molecule has 148 valence electrons. The molecule has 2 aromatic rings. The Kier molecular flexibility index (Phi) is 6.26. The molecule has 2 amide bonds. The van der Waals surface area contributed by atoms with Crippen LogP contribution in [-0.4, -0.2) is 47.6 Å². The number of hydrogen-bond donors (Lipinski definition) is 1. The van der Waals surface area contributed by atoms with E-state index < -0.39 is 5.82 Å². The minimum Gasteiger partial charge on any atom is -0.484 e. The van der Waals surface area contributed by atoms with Crippen LogP contribution >= 0.6 is 0 Å². The van der Waals surface area contributed by atoms with Gasteiger partial charge in [0.1, 0.15) is 11.6 Å². The average molecular weight is 386 g/mol. The van der Waals surface area contributed by atoms with E-state index in [1.807, 2.05) is 0 Å². The Bertz CT molecular complexity index is 841. The minimum atomic E-state index is -0.461. The van der Waals surface area contributed by atoms with Gasteiger partial charge in [-0.15, -0.1) is 0 Å². The molecule has 1 atom stereocenters. The van der Waals surface area contributed by atoms with Crippen molar-refractivity contribution in [2.45, 2.75) is 26.0 Å². The zero-order valence-electron chi connectivity index (χ0n) is 15.7. The summed E-state index contributed by atoms with van der Waals surface area (Å²) < 4.78 is 19.7. The van der Waals surface area contributed by atoms with E-state index in [0.29, 0.717) is 25.3 Å². The maximum Gasteiger partial charge on any atom is 0.260 e. The second kappa shape index (κ2) is 8.84. The highest BCUT2D eigenvalue weighted by Crippen LogP contribution is 2.26. The number of hydrogen-bond acceptors (Lipinski definition) is 4. The van der Waals surface area contributed by atoms with E-state index in [1.165, 1.54) is 17.9 Å². The standard InChI is InChI=1S/C21H23FN2O4/c1-15(26)24(20-5-3-2-4-19(20)22)17-10-11-23(12-17)21(27)14-28-18-8-6-16(13-25)7-9-18/h2-9,17,25H,10-14H2,1H3. The molecule has 0 spiro atoms. The van der Waals surface area contributed by atoms with Crippen molar-refractivity contribution in [1.29, 1.82) is 0 Å². The number of rotatable bonds is 6. The van der Waals surface area contributed by atoms with E-state index in [1.54, 1.807) is 47.4 Å². The highest BCUT2D eigenvalue weighted by molar-refractivity contribution is 5.92. The van der Waals surface area contributed by atoms with Gasteiger partial charge < -0.3 is 19.6 Å². The summed E-state index contributed by atoms with van der Waals surface area (Å²) in [6, 6.07) is 12.7. The van der Waals surface area contributed by atoms with E-state index in [4.69, 9.17) is 9.84 Å². The first-order chi connectivity index (χ1) is 13.5. The van der Waals surface area contributed by atoms with Crippen molar-refractivity contribution in [2.24, 2.45) is 0 Å². The molecule has 6 nitrogen and oxygen atoms in total. The summed E-state index contributed by atoms with van der Waals surface area (Å²) in [7, 11) is 0. The molecular formula is C21H23FN2O4. The van der Waals surface area contributed by atoms with Gasteiger partial charge in [-0.2, -0.15) is 0 Å². The Morgan fingerprint density at radius 3 is 2.57 bits per heavy atom. The maximum atomic E-state index is 14.2. The fourth-order valence-corrected chi connectivity index (χ4v) is 3.38. The molecule has 1 fully saturated rings. The summed E-state index contributed by atoms with van der Waals surface area (Å²) in [6.45, 7) is 2.04. The Balaban J connectivity index is 1.60. The molecule has 1 aliphatic rings. The summed E-state index contributed by atoms with van der Waals surface area (Å²) in [4.78, 5) is 27.7. The number of ether oxygens (including phenoxy) is 1. The zero-order valence-corrected chi connectivity index (χ0v) is 15.7. The van der Waals surface area contributed by atoms with Crippen molar-refractivity contribution in [3.63, 3.8) is 0 Å². The van der Waals surface area contributed by atoms with Gasteiger partial charge in [-0.05, 0) is 36.2 Å². The summed E-state index contributed by atoms with van der Waals surface area (Å²) in [5, 5.41) is 9.05. The quantitative estimate of drug-likeness (QED) is 0.827. The van der Waals surface area contributed by atoms with Crippen molar-refractivity contribution in [3.05, 3.63) is 59.9 Å². The summed E-state index contributed by atoms with van der Waals surface area (Å²) >= 11 is 0. The van der Waals surface area contributed by atoms with E-state index in [9.17, 15) is 14.0 Å². The lowest BCUT2D eigenvalue weighted by Crippen LogP contribution is -2.43. The smallest absolute Gasteiger partial charge is 0.260 e. The van der Waals surface area contributed by atoms with Crippen molar-refractivity contribution in [1.82, 2.24) is 4.90 Å². The molecule has 1 aliphatic heterocycles. The largest absolute Gasteiger partial charge is 0.484 e. The molecule has 1 heterocycles. The third-order valence-electron chi connectivity index (χ3n) is 4.80. The molecule has 0 radical (unpaired) electrons. The number of carbonyl (C=O) groups is 2. The van der Waals surface area contributed by atoms with Gasteiger partial charge in [-0.3, -0.25) is 9.59 Å². The van der Waals surface area contributed by atoms with Crippen LogP contribution in [0.15, 0.2) is 48.5 Å². The predicted molar refractivity (Wildman–Crippen MR) is 102 cm³/mol. The molecule has 1 unspecified atom stereocenters. The lowest BCUT2D eigenvalue weighted by molar-refractivity contribution is -0.132. The highest BCUT2D eigenvalue weighted by atomic mass is 19.1. The topological polar surface area (TPSA) is 70.1 Å². The molecule has 0 aromatic heterocycles. The summed E-state index contributed by atoms with van der Waals surface area (Å²) in [5.41, 5.74) is 0.994. The number of likely N-dealkylation sites (tertiary alicyclic amines) is 1. The summed E-state index contributed by atoms with van der Waals surface area (Å²) in [6.07, 6.45) is 0.574. The van der Waals surface area contributed by atoms with E-state index in [-0.39, 0.29) is 36.8 Å². The Labute approximate surface area is 163 Å². The molecule has 0 aliphatic carbocycles. The van der Waals surface area contributed by atoms with Crippen LogP contribution in [0.1, 0.15) is 18.9 Å². The van der Waals surface area contributed by atoms with E-state index in [0.717, 1.165) is 5.56 Å². The molecule has 3 rings (SSSR count). The van der Waals surface area contributed by atoms with Crippen LogP contribution < -0.4 is 9.64 Å². The average Bonchev–Trinajstić information content (AvgIpc) is 3.17. The van der Waals surface area contributed by atoms with Gasteiger partial charge in [0.15, 0.2) is 6.61 Å². The first-order valence-electron chi connectivity index (χ1n) is 9.14. The monoisotopic (exact) mass is 386 g/mol. The second-order valence-electron chi connectivity index (χ2n) is 6.71. The van der Waals surface area contributed by atoms with Gasteiger partial charge in [-0.1, -0.05) is 24.3 Å². The molecular weight excluding hydrogens is 363 g/mol. The van der Waals surface area contributed by atoms with Crippen LogP contribution in [0, 0.1) is 5.82 Å². The maximum absolute atomic E-state index is 14.2. The van der Waals surface area contributed by atoms with Gasteiger partial charge in [0.2, 0.25) is 5.91 Å². The summed E-state index contributed by atoms with van der Waals surface area (Å²) in [5.74, 6) is -0.370. The zero-order chi connectivity index (χ0) is 20.1. The molecule has 0 bridgehead atoms. The minimum absolute atomic E-state index is 0.0525. The van der Waals surface area contributed by atoms with Crippen LogP contribution in [0.2, 0.25) is 0 Å². The number of para-hydroxylation sites is 1. The van der Waals surface area contributed by atoms with Crippen molar-refractivity contribution in [3.8, 4) is 5.75 Å². The predicted octanol–water partition coefficient (Wildman–Crippen LogP) is 2.35. The number of benzene rings is 2. The van der Waals surface area contributed by atoms with Crippen LogP contribution in [0.25, 0.3) is 0 Å². The fourth-order valence-electron chi connectivity index (χ4n) is 3.38. The van der Waals surface area contributed by atoms with Crippen molar-refractivity contribution in [2.75, 3.05) is 24.6 Å². The molecule has 28 heavy (non-hydrogen) atoms. The molecule has 0 saturated carbocycles. The van der Waals surface area contributed by atoms with Crippen LogP contribution in [-0.2, 0) is 16.2 Å². The van der Waals surface area contributed by atoms with Gasteiger partial charge >= 0.3 is 0 Å². The molecule has 7 heteroatoms. The highest BCUT2D eigenvalue weighted by Gasteiger charge is 2.33. The Morgan fingerprint density at radius 2 is 1.93 bits per heavy atom. The number of nitrogens with zero attached hydrogens (tertiary/aromatic N) is 2. The number of anilines is 1. The first-order valence-corrected chi connectivity index (χ1v) is 9.14. The number of aliphatic hydroxyl groups excluding tert-OH is 1. The first kappa shape index (κ1) is 19.8. The van der Waals surface area contributed by atoms with E-state index in [2.05, 4.69) is 0 Å². The third kappa shape index (κ3) is 4.48. The van der Waals surface area contributed by atoms with Crippen molar-refractivity contribution < 1.29 is 23.8 Å². The Hall–Kier alpha value is -2.93. The van der Waals surface area contributed by atoms with Gasteiger partial charge in [0.05, 0.1) is 18.3 Å². The molecule has 1 N–H and O–H groups in total. The number of aliphatic hydroxyl groups is 1. The van der Waals surface area contributed by atoms with Crippen LogP contribution in [0.4, 0.5) is 10.1 Å². The number of amides is 2. The van der Waals surface area contributed by atoms with Gasteiger partial charge in [0.25, 0.3) is 5.91 Å². The Morgan fingerprint density at radius 1 is 1.21 bits per heavy atom.